The third-order valence-corrected chi connectivity index (χ3v) is 5.59. The fraction of sp³-hybridized carbons (Fsp3) is 0.750. The molecule has 2 fully saturated rings. The molecule has 2 N–H and O–H groups in total. The van der Waals surface area contributed by atoms with Crippen LogP contribution in [0, 0.1) is 0 Å². The van der Waals surface area contributed by atoms with Crippen molar-refractivity contribution in [1.29, 1.82) is 0 Å². The number of aliphatic imine (C=N–C) groups is 1. The SMILES string of the molecule is CN=C(NCCCOCc1ccco1)NCC1(N2CCCC2)CCOCC1. The van der Waals surface area contributed by atoms with Gasteiger partial charge in [-0.15, -0.1) is 0 Å². The minimum atomic E-state index is 0.207. The molecule has 0 unspecified atom stereocenters. The molecule has 0 aromatic carbocycles. The lowest BCUT2D eigenvalue weighted by Crippen LogP contribution is -2.58. The molecular formula is C20H34N4O3. The lowest BCUT2D eigenvalue weighted by atomic mass is 9.88. The van der Waals surface area contributed by atoms with Gasteiger partial charge in [0.2, 0.25) is 0 Å². The molecule has 2 saturated heterocycles. The van der Waals surface area contributed by atoms with Gasteiger partial charge >= 0.3 is 0 Å². The summed E-state index contributed by atoms with van der Waals surface area (Å²) in [7, 11) is 1.83. The summed E-state index contributed by atoms with van der Waals surface area (Å²) in [6.45, 7) is 7.11. The van der Waals surface area contributed by atoms with E-state index >= 15 is 0 Å². The normalized spacial score (nSPS) is 20.7. The summed E-state index contributed by atoms with van der Waals surface area (Å²) < 4.78 is 16.5. The largest absolute Gasteiger partial charge is 0.467 e. The third-order valence-electron chi connectivity index (χ3n) is 5.59. The highest BCUT2D eigenvalue weighted by atomic mass is 16.5. The topological polar surface area (TPSA) is 71.3 Å². The number of ether oxygens (including phenoxy) is 2. The molecule has 3 heterocycles. The number of nitrogens with one attached hydrogen (secondary N) is 2. The summed E-state index contributed by atoms with van der Waals surface area (Å²) in [6.07, 6.45) is 7.41. The van der Waals surface area contributed by atoms with E-state index in [-0.39, 0.29) is 5.54 Å². The lowest BCUT2D eigenvalue weighted by Gasteiger charge is -2.45. The van der Waals surface area contributed by atoms with Gasteiger partial charge in [-0.3, -0.25) is 9.89 Å². The summed E-state index contributed by atoms with van der Waals surface area (Å²) >= 11 is 0. The molecule has 0 saturated carbocycles. The van der Waals surface area contributed by atoms with Gasteiger partial charge in [-0.25, -0.2) is 0 Å². The van der Waals surface area contributed by atoms with E-state index in [1.165, 1.54) is 25.9 Å². The molecule has 7 heteroatoms. The highest BCUT2D eigenvalue weighted by Gasteiger charge is 2.39. The molecule has 1 aromatic rings. The summed E-state index contributed by atoms with van der Waals surface area (Å²) in [4.78, 5) is 7.04. The van der Waals surface area contributed by atoms with Crippen LogP contribution in [0.2, 0.25) is 0 Å². The smallest absolute Gasteiger partial charge is 0.191 e. The number of likely N-dealkylation sites (tertiary alicyclic amines) is 1. The van der Waals surface area contributed by atoms with E-state index in [0.717, 1.165) is 57.3 Å². The Morgan fingerprint density at radius 3 is 2.78 bits per heavy atom. The summed E-state index contributed by atoms with van der Waals surface area (Å²) in [5, 5.41) is 6.95. The van der Waals surface area contributed by atoms with E-state index in [1.54, 1.807) is 6.26 Å². The predicted molar refractivity (Wildman–Crippen MR) is 106 cm³/mol. The van der Waals surface area contributed by atoms with E-state index in [9.17, 15) is 0 Å². The minimum absolute atomic E-state index is 0.207. The molecule has 152 valence electrons. The van der Waals surface area contributed by atoms with Gasteiger partial charge in [-0.2, -0.15) is 0 Å². The highest BCUT2D eigenvalue weighted by Crippen LogP contribution is 2.30. The average Bonchev–Trinajstić information content (AvgIpc) is 3.42. The molecule has 2 aliphatic rings. The van der Waals surface area contributed by atoms with E-state index in [4.69, 9.17) is 13.9 Å². The first-order valence-electron chi connectivity index (χ1n) is 10.2. The fourth-order valence-corrected chi connectivity index (χ4v) is 3.96. The molecule has 0 spiro atoms. The molecule has 27 heavy (non-hydrogen) atoms. The van der Waals surface area contributed by atoms with E-state index < -0.39 is 0 Å². The zero-order valence-corrected chi connectivity index (χ0v) is 16.5. The molecule has 7 nitrogen and oxygen atoms in total. The van der Waals surface area contributed by atoms with Crippen molar-refractivity contribution in [3.63, 3.8) is 0 Å². The Kier molecular flexibility index (Phi) is 7.98. The second kappa shape index (κ2) is 10.7. The quantitative estimate of drug-likeness (QED) is 0.389. The van der Waals surface area contributed by atoms with E-state index in [1.807, 2.05) is 19.2 Å². The van der Waals surface area contributed by atoms with Gasteiger partial charge in [0.05, 0.1) is 6.26 Å². The van der Waals surface area contributed by atoms with Crippen LogP contribution in [0.5, 0.6) is 0 Å². The summed E-state index contributed by atoms with van der Waals surface area (Å²) in [6, 6.07) is 3.81. The van der Waals surface area contributed by atoms with Crippen LogP contribution in [0.1, 0.15) is 37.9 Å². The van der Waals surface area contributed by atoms with Crippen LogP contribution in [0.15, 0.2) is 27.8 Å². The van der Waals surface area contributed by atoms with Gasteiger partial charge < -0.3 is 24.5 Å². The first-order chi connectivity index (χ1) is 13.3. The Morgan fingerprint density at radius 2 is 2.07 bits per heavy atom. The van der Waals surface area contributed by atoms with Crippen molar-refractivity contribution in [3.8, 4) is 0 Å². The number of furan rings is 1. The fourth-order valence-electron chi connectivity index (χ4n) is 3.96. The molecule has 0 aliphatic carbocycles. The van der Waals surface area contributed by atoms with Crippen LogP contribution in [0.3, 0.4) is 0 Å². The van der Waals surface area contributed by atoms with Crippen LogP contribution in [0.4, 0.5) is 0 Å². The van der Waals surface area contributed by atoms with Crippen LogP contribution in [-0.4, -0.2) is 69.4 Å². The van der Waals surface area contributed by atoms with Crippen LogP contribution >= 0.6 is 0 Å². The van der Waals surface area contributed by atoms with Crippen molar-refractivity contribution in [1.82, 2.24) is 15.5 Å². The minimum Gasteiger partial charge on any atom is -0.467 e. The molecule has 1 aromatic heterocycles. The van der Waals surface area contributed by atoms with Crippen molar-refractivity contribution in [2.75, 3.05) is 53.0 Å². The predicted octanol–water partition coefficient (Wildman–Crippen LogP) is 2.00. The summed E-state index contributed by atoms with van der Waals surface area (Å²) in [5.74, 6) is 1.73. The van der Waals surface area contributed by atoms with Gasteiger partial charge in [-0.05, 0) is 57.3 Å². The zero-order valence-electron chi connectivity index (χ0n) is 16.5. The standard InChI is InChI=1S/C20H34N4O3/c1-21-19(22-9-5-12-26-16-18-6-4-13-27-18)23-17-20(7-14-25-15-8-20)24-10-2-3-11-24/h4,6,13H,2-3,5,7-12,14-17H2,1H3,(H2,21,22,23). The second-order valence-electron chi connectivity index (χ2n) is 7.37. The molecule has 0 amide bonds. The number of hydrogen-bond donors (Lipinski definition) is 2. The molecule has 3 rings (SSSR count). The van der Waals surface area contributed by atoms with Crippen molar-refractivity contribution < 1.29 is 13.9 Å². The Labute approximate surface area is 162 Å². The number of nitrogens with zero attached hydrogens (tertiary/aromatic N) is 2. The van der Waals surface area contributed by atoms with Crippen molar-refractivity contribution in [3.05, 3.63) is 24.2 Å². The third kappa shape index (κ3) is 5.96. The van der Waals surface area contributed by atoms with Gasteiger partial charge in [0.1, 0.15) is 12.4 Å². The highest BCUT2D eigenvalue weighted by molar-refractivity contribution is 5.79. The van der Waals surface area contributed by atoms with Crippen LogP contribution < -0.4 is 10.6 Å². The number of hydrogen-bond acceptors (Lipinski definition) is 5. The first kappa shape index (κ1) is 20.2. The maximum atomic E-state index is 5.63. The molecule has 2 aliphatic heterocycles. The second-order valence-corrected chi connectivity index (χ2v) is 7.37. The van der Waals surface area contributed by atoms with Crippen LogP contribution in [0.25, 0.3) is 0 Å². The maximum absolute atomic E-state index is 5.63. The van der Waals surface area contributed by atoms with E-state index in [2.05, 4.69) is 20.5 Å². The molecule has 0 bridgehead atoms. The monoisotopic (exact) mass is 378 g/mol. The van der Waals surface area contributed by atoms with Gasteiger partial charge in [-0.1, -0.05) is 0 Å². The zero-order chi connectivity index (χ0) is 18.8. The molecular weight excluding hydrogens is 344 g/mol. The molecule has 0 radical (unpaired) electrons. The Morgan fingerprint density at radius 1 is 1.26 bits per heavy atom. The Balaban J connectivity index is 1.36. The Hall–Kier alpha value is -1.57. The lowest BCUT2D eigenvalue weighted by molar-refractivity contribution is -0.0164. The number of rotatable bonds is 9. The van der Waals surface area contributed by atoms with Crippen molar-refractivity contribution in [2.45, 2.75) is 44.2 Å². The number of guanidine groups is 1. The van der Waals surface area contributed by atoms with Gasteiger partial charge in [0.25, 0.3) is 0 Å². The van der Waals surface area contributed by atoms with E-state index in [0.29, 0.717) is 13.2 Å². The summed E-state index contributed by atoms with van der Waals surface area (Å²) in [5.41, 5.74) is 0.207. The maximum Gasteiger partial charge on any atom is 0.191 e. The van der Waals surface area contributed by atoms with Crippen molar-refractivity contribution >= 4 is 5.96 Å². The van der Waals surface area contributed by atoms with Gasteiger partial charge in [0, 0.05) is 45.5 Å². The first-order valence-corrected chi connectivity index (χ1v) is 10.2. The van der Waals surface area contributed by atoms with Gasteiger partial charge in [0.15, 0.2) is 5.96 Å². The Bertz CT molecular complexity index is 550. The van der Waals surface area contributed by atoms with Crippen molar-refractivity contribution in [2.24, 2.45) is 4.99 Å². The molecule has 0 atom stereocenters. The van der Waals surface area contributed by atoms with Crippen LogP contribution in [-0.2, 0) is 16.1 Å². The average molecular weight is 379 g/mol.